The molecule has 9 heteroatoms. The van der Waals surface area contributed by atoms with Gasteiger partial charge < -0.3 is 9.67 Å². The Labute approximate surface area is 179 Å². The lowest BCUT2D eigenvalue weighted by Crippen LogP contribution is -2.20. The summed E-state index contributed by atoms with van der Waals surface area (Å²) in [4.78, 5) is 41.5. The third kappa shape index (κ3) is 3.34. The van der Waals surface area contributed by atoms with E-state index in [1.54, 1.807) is 30.6 Å². The van der Waals surface area contributed by atoms with E-state index in [2.05, 4.69) is 4.98 Å². The molecular weight excluding hydrogens is 421 g/mol. The first kappa shape index (κ1) is 19.6. The highest BCUT2D eigenvalue weighted by Gasteiger charge is 2.30. The lowest BCUT2D eigenvalue weighted by atomic mass is 10.0. The van der Waals surface area contributed by atoms with E-state index in [1.165, 1.54) is 21.6 Å². The van der Waals surface area contributed by atoms with Gasteiger partial charge in [0.2, 0.25) is 5.43 Å². The Hall–Kier alpha value is -3.33. The molecule has 1 saturated carbocycles. The highest BCUT2D eigenvalue weighted by Crippen LogP contribution is 2.41. The summed E-state index contributed by atoms with van der Waals surface area (Å²) >= 11 is 1.18. The number of halogens is 1. The van der Waals surface area contributed by atoms with Gasteiger partial charge in [0.1, 0.15) is 16.0 Å². The van der Waals surface area contributed by atoms with E-state index in [0.29, 0.717) is 27.9 Å². The van der Waals surface area contributed by atoms with Crippen LogP contribution in [0.3, 0.4) is 0 Å². The Balaban J connectivity index is 1.77. The van der Waals surface area contributed by atoms with Crippen molar-refractivity contribution in [3.8, 4) is 11.1 Å². The van der Waals surface area contributed by atoms with E-state index in [-0.39, 0.29) is 29.8 Å². The van der Waals surface area contributed by atoms with Crippen molar-refractivity contribution in [2.24, 2.45) is 0 Å². The Morgan fingerprint density at radius 2 is 1.97 bits per heavy atom. The maximum absolute atomic E-state index is 15.0. The van der Waals surface area contributed by atoms with Crippen molar-refractivity contribution < 1.29 is 14.3 Å². The molecule has 1 aliphatic rings. The van der Waals surface area contributed by atoms with Crippen LogP contribution in [0.25, 0.3) is 32.2 Å². The first-order valence-electron chi connectivity index (χ1n) is 9.99. The van der Waals surface area contributed by atoms with Crippen LogP contribution in [0.5, 0.6) is 0 Å². The van der Waals surface area contributed by atoms with Gasteiger partial charge in [-0.05, 0) is 60.6 Å². The second-order valence-corrected chi connectivity index (χ2v) is 8.70. The van der Waals surface area contributed by atoms with Crippen molar-refractivity contribution in [2.75, 3.05) is 0 Å². The summed E-state index contributed by atoms with van der Waals surface area (Å²) < 4.78 is 18.4. The van der Waals surface area contributed by atoms with Crippen molar-refractivity contribution in [3.05, 3.63) is 63.1 Å². The minimum absolute atomic E-state index is 0.0517. The molecule has 0 atom stereocenters. The number of rotatable bonds is 6. The molecule has 1 fully saturated rings. The Bertz CT molecular complexity index is 1450. The maximum atomic E-state index is 15.0. The molecule has 3 aromatic heterocycles. The number of nitrogens with zero attached hydrogens (tertiary/aromatic N) is 3. The van der Waals surface area contributed by atoms with Gasteiger partial charge in [-0.2, -0.15) is 0 Å². The van der Waals surface area contributed by atoms with Gasteiger partial charge in [-0.3, -0.25) is 23.3 Å². The van der Waals surface area contributed by atoms with Crippen LogP contribution in [-0.2, 0) is 11.3 Å². The van der Waals surface area contributed by atoms with Crippen LogP contribution < -0.4 is 11.0 Å². The number of hydrogen-bond donors (Lipinski definition) is 1. The molecule has 3 heterocycles. The van der Waals surface area contributed by atoms with E-state index in [0.717, 1.165) is 12.8 Å². The number of aryl methyl sites for hydroxylation is 1. The van der Waals surface area contributed by atoms with Gasteiger partial charge in [-0.15, -0.1) is 0 Å². The van der Waals surface area contributed by atoms with Gasteiger partial charge >= 0.3 is 5.97 Å². The summed E-state index contributed by atoms with van der Waals surface area (Å²) in [6.45, 7) is 0.224. The van der Waals surface area contributed by atoms with Crippen molar-refractivity contribution in [1.82, 2.24) is 13.5 Å². The molecule has 0 bridgehead atoms. The minimum atomic E-state index is -0.934. The zero-order chi connectivity index (χ0) is 21.7. The van der Waals surface area contributed by atoms with Crippen LogP contribution in [0.1, 0.15) is 31.7 Å². The van der Waals surface area contributed by atoms with Crippen molar-refractivity contribution >= 4 is 38.6 Å². The smallest absolute Gasteiger partial charge is 0.303 e. The summed E-state index contributed by atoms with van der Waals surface area (Å²) in [5.41, 5.74) is 0.706. The molecular formula is C22H18FN3O4S. The van der Waals surface area contributed by atoms with E-state index in [4.69, 9.17) is 5.11 Å². The molecule has 158 valence electrons. The summed E-state index contributed by atoms with van der Waals surface area (Å²) in [6.07, 6.45) is 5.23. The fraction of sp³-hybridized carbons (Fsp3) is 0.273. The number of hydrogen-bond acceptors (Lipinski definition) is 5. The highest BCUT2D eigenvalue weighted by molar-refractivity contribution is 7.13. The molecule has 1 N–H and O–H groups in total. The summed E-state index contributed by atoms with van der Waals surface area (Å²) in [7, 11) is 0. The number of carboxylic acids is 1. The predicted molar refractivity (Wildman–Crippen MR) is 116 cm³/mol. The number of benzene rings is 1. The van der Waals surface area contributed by atoms with Gasteiger partial charge in [0.25, 0.3) is 5.56 Å². The van der Waals surface area contributed by atoms with Crippen LogP contribution in [0.2, 0.25) is 0 Å². The first-order chi connectivity index (χ1) is 15.0. The van der Waals surface area contributed by atoms with Gasteiger partial charge in [0.15, 0.2) is 0 Å². The molecule has 0 saturated heterocycles. The molecule has 7 nitrogen and oxygen atoms in total. The van der Waals surface area contributed by atoms with Crippen LogP contribution in [-0.4, -0.2) is 24.6 Å². The topological polar surface area (TPSA) is 94.2 Å². The zero-order valence-electron chi connectivity index (χ0n) is 16.4. The monoisotopic (exact) mass is 439 g/mol. The molecule has 31 heavy (non-hydrogen) atoms. The van der Waals surface area contributed by atoms with Crippen molar-refractivity contribution in [2.45, 2.75) is 38.3 Å². The number of aromatic nitrogens is 3. The fourth-order valence-electron chi connectivity index (χ4n) is 3.92. The van der Waals surface area contributed by atoms with E-state index in [1.807, 2.05) is 4.57 Å². The molecule has 0 radical (unpaired) electrons. The number of carbonyl (C=O) groups is 1. The lowest BCUT2D eigenvalue weighted by Gasteiger charge is -2.13. The average Bonchev–Trinajstić information content (AvgIpc) is 3.53. The molecule has 5 rings (SSSR count). The number of fused-ring (bicyclic) bond motifs is 2. The number of aliphatic carboxylic acids is 1. The summed E-state index contributed by atoms with van der Waals surface area (Å²) in [5.74, 6) is -1.47. The van der Waals surface area contributed by atoms with E-state index >= 15 is 0 Å². The Morgan fingerprint density at radius 3 is 2.65 bits per heavy atom. The Morgan fingerprint density at radius 1 is 1.23 bits per heavy atom. The normalized spacial score (nSPS) is 13.8. The Kier molecular flexibility index (Phi) is 4.70. The molecule has 0 unspecified atom stereocenters. The van der Waals surface area contributed by atoms with Crippen molar-refractivity contribution in [1.29, 1.82) is 0 Å². The second-order valence-electron chi connectivity index (χ2n) is 7.69. The summed E-state index contributed by atoms with van der Waals surface area (Å²) in [5, 5.41) is 9.10. The maximum Gasteiger partial charge on any atom is 0.303 e. The molecule has 0 spiro atoms. The quantitative estimate of drug-likeness (QED) is 0.493. The number of pyridine rings is 2. The predicted octanol–water partition coefficient (Wildman–Crippen LogP) is 3.78. The van der Waals surface area contributed by atoms with E-state index in [9.17, 15) is 18.8 Å². The molecule has 0 amide bonds. The number of carboxylic acid groups (broad SMARTS) is 1. The van der Waals surface area contributed by atoms with Gasteiger partial charge in [-0.1, -0.05) is 0 Å². The largest absolute Gasteiger partial charge is 0.481 e. The van der Waals surface area contributed by atoms with Gasteiger partial charge in [-0.25, -0.2) is 4.39 Å². The molecule has 4 aromatic rings. The fourth-order valence-corrected chi connectivity index (χ4v) is 5.13. The van der Waals surface area contributed by atoms with Gasteiger partial charge in [0.05, 0.1) is 5.52 Å². The van der Waals surface area contributed by atoms with Crippen LogP contribution in [0.4, 0.5) is 4.39 Å². The average molecular weight is 439 g/mol. The second kappa shape index (κ2) is 7.42. The van der Waals surface area contributed by atoms with Crippen LogP contribution >= 0.6 is 11.5 Å². The lowest BCUT2D eigenvalue weighted by molar-refractivity contribution is -0.137. The molecule has 1 aliphatic carbocycles. The van der Waals surface area contributed by atoms with Crippen molar-refractivity contribution in [3.63, 3.8) is 0 Å². The standard InChI is InChI=1S/C22H18FN3O4S/c23-16-10-15-17(11-14(16)12-5-7-24-8-6-12)26(13-3-4-13)22-19(20(15)29)21(30)25(31-22)9-1-2-18(27)28/h5-8,10-11,13H,1-4,9H2,(H,27,28). The highest BCUT2D eigenvalue weighted by atomic mass is 32.1. The van der Waals surface area contributed by atoms with Crippen LogP contribution in [0.15, 0.2) is 46.2 Å². The van der Waals surface area contributed by atoms with Gasteiger partial charge in [0, 0.05) is 42.4 Å². The van der Waals surface area contributed by atoms with E-state index < -0.39 is 22.8 Å². The molecule has 1 aromatic carbocycles. The first-order valence-corrected chi connectivity index (χ1v) is 10.8. The summed E-state index contributed by atoms with van der Waals surface area (Å²) in [6, 6.07) is 6.46. The minimum Gasteiger partial charge on any atom is -0.481 e. The van der Waals surface area contributed by atoms with Crippen LogP contribution in [0, 0.1) is 5.82 Å². The zero-order valence-corrected chi connectivity index (χ0v) is 17.2. The molecule has 0 aliphatic heterocycles. The SMILES string of the molecule is O=C(O)CCCn1sc2c(c(=O)c3cc(F)c(-c4ccncc4)cc3n2C2CC2)c1=O. The third-order valence-corrected chi connectivity index (χ3v) is 6.68. The third-order valence-electron chi connectivity index (χ3n) is 5.54.